The van der Waals surface area contributed by atoms with Gasteiger partial charge in [0, 0.05) is 15.7 Å². The zero-order valence-electron chi connectivity index (χ0n) is 10.1. The van der Waals surface area contributed by atoms with Gasteiger partial charge < -0.3 is 5.73 Å². The third-order valence-electron chi connectivity index (χ3n) is 2.64. The molecule has 106 valence electrons. The van der Waals surface area contributed by atoms with Gasteiger partial charge in [-0.3, -0.25) is 0 Å². The maximum atomic E-state index is 13.5. The van der Waals surface area contributed by atoms with Crippen LogP contribution in [-0.2, 0) is 15.6 Å². The van der Waals surface area contributed by atoms with Gasteiger partial charge >= 0.3 is 0 Å². The van der Waals surface area contributed by atoms with Crippen molar-refractivity contribution >= 4 is 31.5 Å². The Morgan fingerprint density at radius 2 is 1.80 bits per heavy atom. The second kappa shape index (κ2) is 5.49. The predicted molar refractivity (Wildman–Crippen MR) is 75.8 cm³/mol. The van der Waals surface area contributed by atoms with E-state index in [1.54, 1.807) is 0 Å². The van der Waals surface area contributed by atoms with E-state index in [1.165, 1.54) is 18.2 Å². The van der Waals surface area contributed by atoms with Crippen molar-refractivity contribution in [1.82, 2.24) is 0 Å². The summed E-state index contributed by atoms with van der Waals surface area (Å²) in [5.74, 6) is -2.08. The Labute approximate surface area is 123 Å². The minimum Gasteiger partial charge on any atom is -0.399 e. The first-order valence-electron chi connectivity index (χ1n) is 5.51. The van der Waals surface area contributed by atoms with Gasteiger partial charge in [0.1, 0.15) is 11.6 Å². The summed E-state index contributed by atoms with van der Waals surface area (Å²) in [6.45, 7) is 0. The number of hydrogen-bond donors (Lipinski definition) is 1. The molecular weight excluding hydrogens is 352 g/mol. The van der Waals surface area contributed by atoms with Crippen LogP contribution in [0.1, 0.15) is 5.56 Å². The second-order valence-electron chi connectivity index (χ2n) is 4.18. The van der Waals surface area contributed by atoms with Gasteiger partial charge in [0.2, 0.25) is 0 Å². The van der Waals surface area contributed by atoms with E-state index in [0.29, 0.717) is 5.69 Å². The molecule has 7 heteroatoms. The molecule has 2 N–H and O–H groups in total. The third kappa shape index (κ3) is 3.16. The van der Waals surface area contributed by atoms with Crippen LogP contribution in [0.5, 0.6) is 0 Å². The van der Waals surface area contributed by atoms with Crippen LogP contribution in [0, 0.1) is 11.6 Å². The molecule has 0 atom stereocenters. The molecule has 0 spiro atoms. The normalized spacial score (nSPS) is 11.6. The predicted octanol–water partition coefficient (Wildman–Crippen LogP) is 3.28. The Hall–Kier alpha value is -1.47. The van der Waals surface area contributed by atoms with E-state index < -0.39 is 27.2 Å². The summed E-state index contributed by atoms with van der Waals surface area (Å²) in [6.07, 6.45) is 0. The summed E-state index contributed by atoms with van der Waals surface area (Å²) in [5, 5.41) is 0. The molecule has 0 unspecified atom stereocenters. The Kier molecular flexibility index (Phi) is 4.10. The second-order valence-corrected chi connectivity index (χ2v) is 7.00. The third-order valence-corrected chi connectivity index (χ3v) is 5.28. The van der Waals surface area contributed by atoms with E-state index in [1.807, 2.05) is 0 Å². The van der Waals surface area contributed by atoms with Crippen LogP contribution in [0.4, 0.5) is 14.5 Å². The molecule has 0 aromatic heterocycles. The average Bonchev–Trinajstić information content (AvgIpc) is 2.33. The molecule has 0 amide bonds. The fraction of sp³-hybridized carbons (Fsp3) is 0.0769. The number of benzene rings is 2. The van der Waals surface area contributed by atoms with Crippen molar-refractivity contribution in [2.45, 2.75) is 10.6 Å². The average molecular weight is 362 g/mol. The van der Waals surface area contributed by atoms with Crippen LogP contribution in [0.3, 0.4) is 0 Å². The van der Waals surface area contributed by atoms with Crippen LogP contribution in [-0.4, -0.2) is 8.42 Å². The minimum atomic E-state index is -3.81. The van der Waals surface area contributed by atoms with Crippen LogP contribution in [0.15, 0.2) is 45.8 Å². The van der Waals surface area contributed by atoms with Crippen LogP contribution in [0.25, 0.3) is 0 Å². The molecule has 2 rings (SSSR count). The summed E-state index contributed by atoms with van der Waals surface area (Å²) in [6, 6.07) is 6.90. The molecular formula is C13H10BrF2NO2S. The van der Waals surface area contributed by atoms with Crippen molar-refractivity contribution in [3.63, 3.8) is 0 Å². The van der Waals surface area contributed by atoms with Crippen LogP contribution < -0.4 is 5.73 Å². The van der Waals surface area contributed by atoms with E-state index >= 15 is 0 Å². The molecule has 20 heavy (non-hydrogen) atoms. The molecule has 0 saturated heterocycles. The van der Waals surface area contributed by atoms with Crippen molar-refractivity contribution in [1.29, 1.82) is 0 Å². The summed E-state index contributed by atoms with van der Waals surface area (Å²) >= 11 is 3.10. The molecule has 0 radical (unpaired) electrons. The molecule has 0 heterocycles. The first-order chi connectivity index (χ1) is 9.29. The Morgan fingerprint density at radius 1 is 1.10 bits per heavy atom. The molecule has 3 nitrogen and oxygen atoms in total. The van der Waals surface area contributed by atoms with Crippen molar-refractivity contribution in [3.05, 3.63) is 58.1 Å². The number of sulfone groups is 1. The molecule has 0 fully saturated rings. The quantitative estimate of drug-likeness (QED) is 0.853. The maximum absolute atomic E-state index is 13.5. The monoisotopic (exact) mass is 361 g/mol. The van der Waals surface area contributed by atoms with Gasteiger partial charge in [-0.2, -0.15) is 0 Å². The summed E-state index contributed by atoms with van der Waals surface area (Å²) in [7, 11) is -3.81. The fourth-order valence-electron chi connectivity index (χ4n) is 1.71. The van der Waals surface area contributed by atoms with E-state index in [9.17, 15) is 17.2 Å². The Morgan fingerprint density at radius 3 is 2.45 bits per heavy atom. The lowest BCUT2D eigenvalue weighted by molar-refractivity contribution is 0.578. The van der Waals surface area contributed by atoms with Crippen molar-refractivity contribution < 1.29 is 17.2 Å². The largest absolute Gasteiger partial charge is 0.399 e. The number of nitrogens with two attached hydrogens (primary N) is 1. The van der Waals surface area contributed by atoms with Gasteiger partial charge in [0.15, 0.2) is 9.84 Å². The Balaban J connectivity index is 2.43. The number of halogens is 3. The molecule has 2 aromatic carbocycles. The van der Waals surface area contributed by atoms with Crippen molar-refractivity contribution in [2.75, 3.05) is 5.73 Å². The highest BCUT2D eigenvalue weighted by molar-refractivity contribution is 9.10. The summed E-state index contributed by atoms with van der Waals surface area (Å²) < 4.78 is 51.3. The van der Waals surface area contributed by atoms with Crippen molar-refractivity contribution in [2.24, 2.45) is 0 Å². The number of anilines is 1. The number of rotatable bonds is 3. The highest BCUT2D eigenvalue weighted by atomic mass is 79.9. The lowest BCUT2D eigenvalue weighted by atomic mass is 10.2. The van der Waals surface area contributed by atoms with Gasteiger partial charge in [-0.25, -0.2) is 17.2 Å². The molecule has 0 bridgehead atoms. The van der Waals surface area contributed by atoms with Gasteiger partial charge in [0.05, 0.1) is 10.6 Å². The van der Waals surface area contributed by atoms with E-state index in [-0.39, 0.29) is 14.9 Å². The minimum absolute atomic E-state index is 0.0182. The van der Waals surface area contributed by atoms with Crippen LogP contribution in [0.2, 0.25) is 0 Å². The highest BCUT2D eigenvalue weighted by Crippen LogP contribution is 2.27. The molecule has 0 aliphatic heterocycles. The smallest absolute Gasteiger partial charge is 0.183 e. The number of nitrogen functional groups attached to an aromatic ring is 1. The van der Waals surface area contributed by atoms with E-state index in [4.69, 9.17) is 5.73 Å². The summed E-state index contributed by atoms with van der Waals surface area (Å²) in [5.41, 5.74) is 5.71. The molecule has 0 aliphatic rings. The van der Waals surface area contributed by atoms with Gasteiger partial charge in [-0.15, -0.1) is 0 Å². The first kappa shape index (κ1) is 14.9. The lowest BCUT2D eigenvalue weighted by Gasteiger charge is -2.08. The fourth-order valence-corrected chi connectivity index (χ4v) is 4.26. The number of hydrogen-bond acceptors (Lipinski definition) is 3. The van der Waals surface area contributed by atoms with Crippen LogP contribution >= 0.6 is 15.9 Å². The molecule has 2 aromatic rings. The van der Waals surface area contributed by atoms with E-state index in [2.05, 4.69) is 15.9 Å². The lowest BCUT2D eigenvalue weighted by Crippen LogP contribution is -2.08. The maximum Gasteiger partial charge on any atom is 0.183 e. The zero-order valence-corrected chi connectivity index (χ0v) is 12.5. The molecule has 0 aliphatic carbocycles. The Bertz CT molecular complexity index is 763. The highest BCUT2D eigenvalue weighted by Gasteiger charge is 2.20. The summed E-state index contributed by atoms with van der Waals surface area (Å²) in [4.78, 5) is -0.0182. The van der Waals surface area contributed by atoms with Crippen molar-refractivity contribution in [3.8, 4) is 0 Å². The molecule has 0 saturated carbocycles. The van der Waals surface area contributed by atoms with Gasteiger partial charge in [-0.05, 0) is 52.3 Å². The van der Waals surface area contributed by atoms with Gasteiger partial charge in [0.25, 0.3) is 0 Å². The first-order valence-corrected chi connectivity index (χ1v) is 7.96. The zero-order chi connectivity index (χ0) is 14.9. The van der Waals surface area contributed by atoms with Gasteiger partial charge in [-0.1, -0.05) is 0 Å². The standard InChI is InChI=1S/C13H10BrF2NO2S/c14-11-6-10(17)2-4-13(11)20(18,19)7-8-5-9(15)1-3-12(8)16/h1-6H,7,17H2. The SMILES string of the molecule is Nc1ccc(S(=O)(=O)Cc2cc(F)ccc2F)c(Br)c1. The topological polar surface area (TPSA) is 60.2 Å². The van der Waals surface area contributed by atoms with E-state index in [0.717, 1.165) is 18.2 Å².